The molecule has 0 aliphatic carbocycles. The van der Waals surface area contributed by atoms with Gasteiger partial charge in [-0.2, -0.15) is 0 Å². The Morgan fingerprint density at radius 1 is 1.33 bits per heavy atom. The van der Waals surface area contributed by atoms with Crippen LogP contribution in [0, 0.1) is 5.92 Å². The molecule has 2 heterocycles. The molecule has 0 fully saturated rings. The summed E-state index contributed by atoms with van der Waals surface area (Å²) >= 11 is 5.19. The summed E-state index contributed by atoms with van der Waals surface area (Å²) in [5.41, 5.74) is 2.25. The summed E-state index contributed by atoms with van der Waals surface area (Å²) in [7, 11) is 2.03. The third-order valence-corrected chi connectivity index (χ3v) is 4.54. The molecule has 0 spiro atoms. The van der Waals surface area contributed by atoms with Gasteiger partial charge < -0.3 is 10.2 Å². The maximum Gasteiger partial charge on any atom is 0.147 e. The predicted octanol–water partition coefficient (Wildman–Crippen LogP) is 3.68. The van der Waals surface area contributed by atoms with Crippen molar-refractivity contribution in [2.75, 3.05) is 18.5 Å². The number of rotatable bonds is 7. The van der Waals surface area contributed by atoms with E-state index in [-0.39, 0.29) is 0 Å². The fourth-order valence-corrected chi connectivity index (χ4v) is 3.11. The minimum absolute atomic E-state index is 0.647. The van der Waals surface area contributed by atoms with Gasteiger partial charge in [-0.25, -0.2) is 4.98 Å². The molecule has 2 aromatic heterocycles. The van der Waals surface area contributed by atoms with Crippen molar-refractivity contribution in [2.24, 2.45) is 5.92 Å². The van der Waals surface area contributed by atoms with Crippen molar-refractivity contribution < 1.29 is 0 Å². The van der Waals surface area contributed by atoms with Gasteiger partial charge >= 0.3 is 0 Å². The number of nitrogens with zero attached hydrogens (tertiary/aromatic N) is 3. The van der Waals surface area contributed by atoms with Gasteiger partial charge in [0.05, 0.1) is 21.9 Å². The van der Waals surface area contributed by atoms with Gasteiger partial charge in [0.25, 0.3) is 0 Å². The number of thiophene rings is 1. The molecule has 0 aliphatic heterocycles. The highest BCUT2D eigenvalue weighted by Crippen LogP contribution is 2.22. The first-order valence-corrected chi connectivity index (χ1v) is 8.67. The van der Waals surface area contributed by atoms with Crippen molar-refractivity contribution in [1.82, 2.24) is 15.3 Å². The van der Waals surface area contributed by atoms with Crippen molar-refractivity contribution in [3.05, 3.63) is 38.9 Å². The van der Waals surface area contributed by atoms with Gasteiger partial charge in [0.2, 0.25) is 0 Å². The Bertz CT molecular complexity index is 553. The standard InChI is InChI=1S/C15H21BrN4S/c1-11(2)5-17-6-13-7-19-15(8-18-13)20(3)9-12-4-14(16)21-10-12/h4,7-8,10-11,17H,5-6,9H2,1-3H3. The van der Waals surface area contributed by atoms with Crippen LogP contribution in [0.4, 0.5) is 5.82 Å². The highest BCUT2D eigenvalue weighted by molar-refractivity contribution is 9.11. The fraction of sp³-hybridized carbons (Fsp3) is 0.467. The maximum atomic E-state index is 4.49. The second kappa shape index (κ2) is 7.87. The summed E-state index contributed by atoms with van der Waals surface area (Å²) in [5, 5.41) is 5.52. The van der Waals surface area contributed by atoms with E-state index in [1.807, 2.05) is 19.4 Å². The molecule has 0 radical (unpaired) electrons. The van der Waals surface area contributed by atoms with Crippen molar-refractivity contribution in [1.29, 1.82) is 0 Å². The second-order valence-corrected chi connectivity index (χ2v) is 7.80. The Morgan fingerprint density at radius 3 is 2.71 bits per heavy atom. The quantitative estimate of drug-likeness (QED) is 0.808. The molecule has 0 saturated heterocycles. The molecule has 2 aromatic rings. The molecule has 0 unspecified atom stereocenters. The Hall–Kier alpha value is -0.980. The lowest BCUT2D eigenvalue weighted by Crippen LogP contribution is -2.21. The maximum absolute atomic E-state index is 4.49. The molecule has 0 saturated carbocycles. The average Bonchev–Trinajstić information content (AvgIpc) is 2.84. The molecular formula is C15H21BrN4S. The van der Waals surface area contributed by atoms with E-state index in [9.17, 15) is 0 Å². The van der Waals surface area contributed by atoms with Crippen LogP contribution in [0.1, 0.15) is 25.1 Å². The monoisotopic (exact) mass is 368 g/mol. The summed E-state index contributed by atoms with van der Waals surface area (Å²) in [6.07, 6.45) is 3.69. The normalized spacial score (nSPS) is 11.1. The van der Waals surface area contributed by atoms with Gasteiger partial charge in [-0.3, -0.25) is 4.98 Å². The zero-order valence-corrected chi connectivity index (χ0v) is 15.0. The topological polar surface area (TPSA) is 41.1 Å². The number of halogens is 1. The minimum atomic E-state index is 0.647. The summed E-state index contributed by atoms with van der Waals surface area (Å²) in [6.45, 7) is 6.99. The summed E-state index contributed by atoms with van der Waals surface area (Å²) < 4.78 is 1.16. The smallest absolute Gasteiger partial charge is 0.147 e. The number of hydrogen-bond donors (Lipinski definition) is 1. The first-order chi connectivity index (χ1) is 10.0. The van der Waals surface area contributed by atoms with Gasteiger partial charge in [-0.05, 0) is 45.4 Å². The summed E-state index contributed by atoms with van der Waals surface area (Å²) in [6, 6.07) is 2.14. The van der Waals surface area contributed by atoms with Crippen molar-refractivity contribution in [3.63, 3.8) is 0 Å². The lowest BCUT2D eigenvalue weighted by Gasteiger charge is -2.17. The summed E-state index contributed by atoms with van der Waals surface area (Å²) in [4.78, 5) is 11.1. The Balaban J connectivity index is 1.88. The zero-order chi connectivity index (χ0) is 15.2. The highest BCUT2D eigenvalue weighted by atomic mass is 79.9. The molecule has 1 N–H and O–H groups in total. The molecule has 0 aromatic carbocycles. The minimum Gasteiger partial charge on any atom is -0.354 e. The van der Waals surface area contributed by atoms with Gasteiger partial charge in [0.1, 0.15) is 5.82 Å². The van der Waals surface area contributed by atoms with Crippen LogP contribution in [0.5, 0.6) is 0 Å². The van der Waals surface area contributed by atoms with Crippen molar-refractivity contribution >= 4 is 33.1 Å². The molecule has 114 valence electrons. The van der Waals surface area contributed by atoms with E-state index in [4.69, 9.17) is 0 Å². The van der Waals surface area contributed by atoms with Gasteiger partial charge in [0, 0.05) is 20.1 Å². The molecule has 0 atom stereocenters. The van der Waals surface area contributed by atoms with Crippen LogP contribution in [0.2, 0.25) is 0 Å². The van der Waals surface area contributed by atoms with E-state index >= 15 is 0 Å². The van der Waals surface area contributed by atoms with Crippen LogP contribution in [-0.4, -0.2) is 23.6 Å². The van der Waals surface area contributed by atoms with Gasteiger partial charge in [0.15, 0.2) is 0 Å². The average molecular weight is 369 g/mol. The third kappa shape index (κ3) is 5.37. The van der Waals surface area contributed by atoms with E-state index in [1.54, 1.807) is 11.3 Å². The van der Waals surface area contributed by atoms with Crippen LogP contribution < -0.4 is 10.2 Å². The van der Waals surface area contributed by atoms with E-state index in [2.05, 4.69) is 61.4 Å². The number of hydrogen-bond acceptors (Lipinski definition) is 5. The molecule has 21 heavy (non-hydrogen) atoms. The van der Waals surface area contributed by atoms with Crippen LogP contribution >= 0.6 is 27.3 Å². The largest absolute Gasteiger partial charge is 0.354 e. The Labute approximate surface area is 138 Å². The van der Waals surface area contributed by atoms with Gasteiger partial charge in [-0.1, -0.05) is 13.8 Å². The van der Waals surface area contributed by atoms with E-state index in [0.29, 0.717) is 5.92 Å². The molecule has 0 aliphatic rings. The lowest BCUT2D eigenvalue weighted by atomic mass is 10.2. The van der Waals surface area contributed by atoms with Crippen LogP contribution in [0.15, 0.2) is 27.6 Å². The first-order valence-electron chi connectivity index (χ1n) is 7.00. The van der Waals surface area contributed by atoms with E-state index in [1.165, 1.54) is 5.56 Å². The van der Waals surface area contributed by atoms with Crippen molar-refractivity contribution in [3.8, 4) is 0 Å². The third-order valence-electron chi connectivity index (χ3n) is 2.98. The number of aromatic nitrogens is 2. The SMILES string of the molecule is CC(C)CNCc1cnc(N(C)Cc2csc(Br)c2)cn1. The van der Waals surface area contributed by atoms with E-state index in [0.717, 1.165) is 34.9 Å². The Kier molecular flexibility index (Phi) is 6.14. The fourth-order valence-electron chi connectivity index (χ4n) is 1.91. The predicted molar refractivity (Wildman–Crippen MR) is 92.7 cm³/mol. The second-order valence-electron chi connectivity index (χ2n) is 5.51. The zero-order valence-electron chi connectivity index (χ0n) is 12.6. The molecule has 6 heteroatoms. The molecule has 4 nitrogen and oxygen atoms in total. The van der Waals surface area contributed by atoms with Crippen molar-refractivity contribution in [2.45, 2.75) is 26.9 Å². The number of nitrogens with one attached hydrogen (secondary N) is 1. The van der Waals surface area contributed by atoms with Crippen LogP contribution in [0.3, 0.4) is 0 Å². The van der Waals surface area contributed by atoms with Crippen LogP contribution in [0.25, 0.3) is 0 Å². The molecule has 0 amide bonds. The lowest BCUT2D eigenvalue weighted by molar-refractivity contribution is 0.547. The molecule has 0 bridgehead atoms. The molecular weight excluding hydrogens is 348 g/mol. The summed E-state index contributed by atoms with van der Waals surface area (Å²) in [5.74, 6) is 1.54. The van der Waals surface area contributed by atoms with Crippen LogP contribution in [-0.2, 0) is 13.1 Å². The van der Waals surface area contributed by atoms with E-state index < -0.39 is 0 Å². The first kappa shape index (κ1) is 16.4. The Morgan fingerprint density at radius 2 is 2.14 bits per heavy atom. The van der Waals surface area contributed by atoms with Gasteiger partial charge in [-0.15, -0.1) is 11.3 Å². The highest BCUT2D eigenvalue weighted by Gasteiger charge is 2.06. The number of anilines is 1. The molecule has 2 rings (SSSR count).